The topological polar surface area (TPSA) is 55.8 Å². The van der Waals surface area contributed by atoms with E-state index in [1.54, 1.807) is 27.8 Å². The summed E-state index contributed by atoms with van der Waals surface area (Å²) in [7, 11) is 1.59. The molecule has 0 aliphatic rings. The maximum absolute atomic E-state index is 12.0. The van der Waals surface area contributed by atoms with E-state index < -0.39 is 11.6 Å². The summed E-state index contributed by atoms with van der Waals surface area (Å²) in [5, 5.41) is 0. The van der Waals surface area contributed by atoms with Crippen molar-refractivity contribution in [2.24, 2.45) is 0 Å². The molecule has 1 amide bonds. The van der Waals surface area contributed by atoms with Gasteiger partial charge in [0.2, 0.25) is 5.91 Å². The molecule has 0 aliphatic carbocycles. The Morgan fingerprint density at radius 2 is 1.71 bits per heavy atom. The van der Waals surface area contributed by atoms with E-state index in [9.17, 15) is 9.59 Å². The number of benzene rings is 1. The molecule has 0 saturated carbocycles. The number of hydrogen-bond donors (Lipinski definition) is 0. The van der Waals surface area contributed by atoms with Gasteiger partial charge in [-0.15, -0.1) is 0 Å². The molecule has 5 heteroatoms. The first-order valence-electron chi connectivity index (χ1n) is 8.27. The van der Waals surface area contributed by atoms with Gasteiger partial charge < -0.3 is 14.4 Å². The van der Waals surface area contributed by atoms with Crippen molar-refractivity contribution >= 4 is 11.9 Å². The van der Waals surface area contributed by atoms with Crippen LogP contribution in [0.3, 0.4) is 0 Å². The van der Waals surface area contributed by atoms with Crippen LogP contribution < -0.4 is 4.74 Å². The number of amides is 1. The zero-order valence-corrected chi connectivity index (χ0v) is 15.6. The van der Waals surface area contributed by atoms with E-state index >= 15 is 0 Å². The highest BCUT2D eigenvalue weighted by atomic mass is 16.6. The summed E-state index contributed by atoms with van der Waals surface area (Å²) in [6.07, 6.45) is 0.214. The number of esters is 1. The molecule has 134 valence electrons. The Bertz CT molecular complexity index is 543. The van der Waals surface area contributed by atoms with Crippen molar-refractivity contribution in [1.82, 2.24) is 4.90 Å². The number of hydrogen-bond acceptors (Lipinski definition) is 4. The van der Waals surface area contributed by atoms with Crippen molar-refractivity contribution < 1.29 is 19.1 Å². The van der Waals surface area contributed by atoms with E-state index in [1.807, 2.05) is 24.3 Å². The summed E-state index contributed by atoms with van der Waals surface area (Å²) in [6.45, 7) is 9.88. The Morgan fingerprint density at radius 3 is 2.21 bits per heavy atom. The lowest BCUT2D eigenvalue weighted by Crippen LogP contribution is -2.36. The number of likely N-dealkylation sites (N-methyl/N-ethyl adjacent to an activating group) is 1. The molecular weight excluding hydrogens is 306 g/mol. The Hall–Kier alpha value is -2.04. The van der Waals surface area contributed by atoms with Crippen LogP contribution >= 0.6 is 0 Å². The van der Waals surface area contributed by atoms with Gasteiger partial charge >= 0.3 is 5.97 Å². The van der Waals surface area contributed by atoms with E-state index in [4.69, 9.17) is 9.47 Å². The fourth-order valence-electron chi connectivity index (χ4n) is 2.05. The van der Waals surface area contributed by atoms with Gasteiger partial charge in [0.05, 0.1) is 13.0 Å². The Balaban J connectivity index is 2.36. The smallest absolute Gasteiger partial charge is 0.326 e. The van der Waals surface area contributed by atoms with Gasteiger partial charge in [0.15, 0.2) is 0 Å². The molecular formula is C19H29NO4. The molecule has 24 heavy (non-hydrogen) atoms. The Kier molecular flexibility index (Phi) is 7.26. The van der Waals surface area contributed by atoms with E-state index in [0.29, 0.717) is 5.92 Å². The van der Waals surface area contributed by atoms with Crippen LogP contribution in [0.25, 0.3) is 0 Å². The maximum Gasteiger partial charge on any atom is 0.326 e. The predicted molar refractivity (Wildman–Crippen MR) is 94.1 cm³/mol. The molecule has 0 heterocycles. The monoisotopic (exact) mass is 335 g/mol. The fourth-order valence-corrected chi connectivity index (χ4v) is 2.05. The fraction of sp³-hybridized carbons (Fsp3) is 0.579. The molecule has 0 aromatic heterocycles. The van der Waals surface area contributed by atoms with E-state index in [1.165, 1.54) is 10.5 Å². The van der Waals surface area contributed by atoms with Gasteiger partial charge in [0.25, 0.3) is 0 Å². The first-order valence-corrected chi connectivity index (χ1v) is 8.27. The lowest BCUT2D eigenvalue weighted by atomic mass is 10.0. The van der Waals surface area contributed by atoms with Crippen LogP contribution in [-0.2, 0) is 14.3 Å². The van der Waals surface area contributed by atoms with E-state index in [2.05, 4.69) is 13.8 Å². The third-order valence-corrected chi connectivity index (χ3v) is 3.34. The second-order valence-electron chi connectivity index (χ2n) is 7.16. The highest BCUT2D eigenvalue weighted by Crippen LogP contribution is 2.18. The van der Waals surface area contributed by atoms with Crippen molar-refractivity contribution in [1.29, 1.82) is 0 Å². The number of ether oxygens (including phenoxy) is 2. The molecule has 0 N–H and O–H groups in total. The average molecular weight is 335 g/mol. The van der Waals surface area contributed by atoms with Crippen molar-refractivity contribution in [3.8, 4) is 5.75 Å². The maximum atomic E-state index is 12.0. The molecule has 0 radical (unpaired) electrons. The number of nitrogens with zero attached hydrogens (tertiary/aromatic N) is 1. The van der Waals surface area contributed by atoms with Crippen molar-refractivity contribution in [3.63, 3.8) is 0 Å². The molecule has 0 spiro atoms. The van der Waals surface area contributed by atoms with Gasteiger partial charge in [-0.3, -0.25) is 9.59 Å². The van der Waals surface area contributed by atoms with Crippen LogP contribution in [0.4, 0.5) is 0 Å². The lowest BCUT2D eigenvalue weighted by Gasteiger charge is -2.22. The third-order valence-electron chi connectivity index (χ3n) is 3.34. The number of rotatable bonds is 7. The minimum absolute atomic E-state index is 0.0564. The van der Waals surface area contributed by atoms with E-state index in [0.717, 1.165) is 5.75 Å². The zero-order valence-electron chi connectivity index (χ0n) is 15.6. The van der Waals surface area contributed by atoms with Crippen LogP contribution in [0.1, 0.15) is 52.5 Å². The van der Waals surface area contributed by atoms with Gasteiger partial charge in [0.1, 0.15) is 17.9 Å². The van der Waals surface area contributed by atoms with Crippen molar-refractivity contribution in [3.05, 3.63) is 29.8 Å². The molecule has 1 aromatic carbocycles. The first-order chi connectivity index (χ1) is 11.1. The zero-order chi connectivity index (χ0) is 18.3. The number of carbonyl (C=O) groups excluding carboxylic acids is 2. The second kappa shape index (κ2) is 8.71. The molecule has 0 aliphatic heterocycles. The average Bonchev–Trinajstić information content (AvgIpc) is 2.45. The number of carbonyl (C=O) groups is 2. The van der Waals surface area contributed by atoms with E-state index in [-0.39, 0.29) is 25.5 Å². The summed E-state index contributed by atoms with van der Waals surface area (Å²) in [5.41, 5.74) is 0.696. The molecule has 0 atom stereocenters. The molecule has 1 aromatic rings. The standard InChI is InChI=1S/C19H29NO4/c1-14(2)15-7-9-16(10-8-15)23-12-11-17(21)20(6)13-18(22)24-19(3,4)5/h7-10,14H,11-13H2,1-6H3. The summed E-state index contributed by atoms with van der Waals surface area (Å²) in [4.78, 5) is 25.1. The van der Waals surface area contributed by atoms with Crippen LogP contribution in [0, 0.1) is 0 Å². The quantitative estimate of drug-likeness (QED) is 0.717. The van der Waals surface area contributed by atoms with Crippen molar-refractivity contribution in [2.45, 2.75) is 52.6 Å². The normalized spacial score (nSPS) is 11.3. The van der Waals surface area contributed by atoms with Gasteiger partial charge in [-0.05, 0) is 44.4 Å². The van der Waals surface area contributed by atoms with Gasteiger partial charge in [0, 0.05) is 7.05 Å². The predicted octanol–water partition coefficient (Wildman–Crippen LogP) is 3.38. The highest BCUT2D eigenvalue weighted by Gasteiger charge is 2.19. The Labute approximate surface area is 144 Å². The molecule has 0 fully saturated rings. The van der Waals surface area contributed by atoms with Gasteiger partial charge in [-0.25, -0.2) is 0 Å². The highest BCUT2D eigenvalue weighted by molar-refractivity contribution is 5.82. The minimum Gasteiger partial charge on any atom is -0.493 e. The summed E-state index contributed by atoms with van der Waals surface area (Å²) in [5.74, 6) is 0.646. The molecule has 0 unspecified atom stereocenters. The molecule has 0 bridgehead atoms. The van der Waals surface area contributed by atoms with Gasteiger partial charge in [-0.2, -0.15) is 0 Å². The second-order valence-corrected chi connectivity index (χ2v) is 7.16. The van der Waals surface area contributed by atoms with Crippen molar-refractivity contribution in [2.75, 3.05) is 20.2 Å². The molecule has 1 rings (SSSR count). The van der Waals surface area contributed by atoms with Crippen LogP contribution in [0.5, 0.6) is 5.75 Å². The molecule has 5 nitrogen and oxygen atoms in total. The third kappa shape index (κ3) is 7.49. The summed E-state index contributed by atoms with van der Waals surface area (Å²) in [6, 6.07) is 7.86. The lowest BCUT2D eigenvalue weighted by molar-refractivity contribution is -0.158. The molecule has 0 saturated heterocycles. The van der Waals surface area contributed by atoms with Crippen LogP contribution in [-0.4, -0.2) is 42.6 Å². The van der Waals surface area contributed by atoms with Crippen LogP contribution in [0.2, 0.25) is 0 Å². The summed E-state index contributed by atoms with van der Waals surface area (Å²) < 4.78 is 10.8. The van der Waals surface area contributed by atoms with Gasteiger partial charge in [-0.1, -0.05) is 26.0 Å². The Morgan fingerprint density at radius 1 is 1.12 bits per heavy atom. The first kappa shape index (κ1) is 20.0. The SMILES string of the molecule is CC(C)c1ccc(OCCC(=O)N(C)CC(=O)OC(C)(C)C)cc1. The summed E-state index contributed by atoms with van der Waals surface area (Å²) >= 11 is 0. The van der Waals surface area contributed by atoms with Crippen LogP contribution in [0.15, 0.2) is 24.3 Å². The largest absolute Gasteiger partial charge is 0.493 e. The minimum atomic E-state index is -0.549.